The molecular weight excluding hydrogens is 1650 g/mol. The number of aryl methyl sites for hydroxylation is 2. The molecule has 9 aromatic carbocycles. The summed E-state index contributed by atoms with van der Waals surface area (Å²) in [6, 6.07) is 75.4. The summed E-state index contributed by atoms with van der Waals surface area (Å²) in [5, 5.41) is 24.8. The number of nitrogens with zero attached hydrogens (tertiary/aromatic N) is 11. The summed E-state index contributed by atoms with van der Waals surface area (Å²) < 4.78 is 1.83. The molecule has 652 valence electrons. The SMILES string of the molecule is CN(C)C/C=C/C(=O)Nc1ccc(C(=O)Nc2cccc(Cc3ncc(Cl)c(-c4c(-c5ccccc5)nn5ccccc45)n3)c2)cc1.Cc1cccc2[nH]cc(-c3ccnc(Cc4cccc(NC(=O)c5ccc(NC(=O)/C=C/CN(C)C)cc5)c4)n3)c12.Cc1nc(Cc2cccc(NC(=O)c3ccc(NC(=O)/C=C/CN(C)C)cc3)c2)nc(-c2c[nH]c3ccccc23)c1C. The summed E-state index contributed by atoms with van der Waals surface area (Å²) in [5.74, 6) is 0.596. The van der Waals surface area contributed by atoms with E-state index in [1.54, 1.807) is 103 Å². The van der Waals surface area contributed by atoms with Gasteiger partial charge in [0.2, 0.25) is 17.7 Å². The number of hydrogen-bond acceptors (Lipinski definition) is 16. The van der Waals surface area contributed by atoms with Gasteiger partial charge in [-0.3, -0.25) is 28.8 Å². The number of halogens is 1. The lowest BCUT2D eigenvalue weighted by Gasteiger charge is -2.11. The van der Waals surface area contributed by atoms with E-state index in [1.807, 2.05) is 233 Å². The molecule has 0 saturated carbocycles. The molecule has 6 amide bonds. The van der Waals surface area contributed by atoms with Crippen molar-refractivity contribution < 1.29 is 28.8 Å². The van der Waals surface area contributed by atoms with Gasteiger partial charge >= 0.3 is 0 Å². The number of para-hydroxylation sites is 1. The fourth-order valence-corrected chi connectivity index (χ4v) is 14.6. The van der Waals surface area contributed by atoms with Gasteiger partial charge in [-0.1, -0.05) is 133 Å². The van der Waals surface area contributed by atoms with Crippen LogP contribution >= 0.6 is 11.6 Å². The Labute approximate surface area is 758 Å². The number of carbonyl (C=O) groups excluding carboxylic acids is 6. The van der Waals surface area contributed by atoms with E-state index in [9.17, 15) is 28.8 Å². The van der Waals surface area contributed by atoms with Crippen LogP contribution in [-0.2, 0) is 33.6 Å². The molecule has 0 fully saturated rings. The highest BCUT2D eigenvalue weighted by Gasteiger charge is 2.23. The van der Waals surface area contributed by atoms with Gasteiger partial charge in [0.1, 0.15) is 23.2 Å². The number of rotatable bonds is 28. The zero-order valence-corrected chi connectivity index (χ0v) is 74.2. The summed E-state index contributed by atoms with van der Waals surface area (Å²) in [7, 11) is 11.6. The Hall–Kier alpha value is -15.8. The van der Waals surface area contributed by atoms with Crippen LogP contribution in [0, 0.1) is 20.8 Å². The van der Waals surface area contributed by atoms with Gasteiger partial charge in [-0.05, 0) is 230 Å². The van der Waals surface area contributed by atoms with Gasteiger partial charge in [0.05, 0.1) is 33.2 Å². The number of aromatic amines is 2. The first-order valence-electron chi connectivity index (χ1n) is 42.2. The molecule has 26 heteroatoms. The molecule has 16 aromatic rings. The quantitative estimate of drug-likeness (QED) is 0.0211. The van der Waals surface area contributed by atoms with Gasteiger partial charge < -0.3 is 56.6 Å². The molecule has 0 radical (unpaired) electrons. The Balaban J connectivity index is 0.000000158. The molecular formula is C104H98ClN19O6. The van der Waals surface area contributed by atoms with Crippen molar-refractivity contribution in [3.63, 3.8) is 0 Å². The van der Waals surface area contributed by atoms with E-state index >= 15 is 0 Å². The highest BCUT2D eigenvalue weighted by molar-refractivity contribution is 6.33. The van der Waals surface area contributed by atoms with Gasteiger partial charge in [0, 0.05) is 183 Å². The second kappa shape index (κ2) is 42.9. The van der Waals surface area contributed by atoms with Gasteiger partial charge in [-0.2, -0.15) is 5.10 Å². The number of benzene rings is 9. The van der Waals surface area contributed by atoms with E-state index < -0.39 is 0 Å². The molecule has 8 N–H and O–H groups in total. The number of fused-ring (bicyclic) bond motifs is 3. The third-order valence-corrected chi connectivity index (χ3v) is 21.2. The molecule has 0 bridgehead atoms. The van der Waals surface area contributed by atoms with Crippen molar-refractivity contribution in [2.75, 3.05) is 93.8 Å². The number of H-pyrrole nitrogens is 2. The number of hydrogen-bond donors (Lipinski definition) is 8. The standard InChI is InChI=1S/C37H32ClN7O2.C34H34N6O2.C33H32N6O2/c1-44(2)20-9-15-33(46)40-28-18-16-27(17-19-28)37(47)41-29-13-8-10-25(22-29)23-32-39-24-30(38)36(42-32)34-31-14-6-7-21-45(31)43-35(34)26-11-4-3-5-12-26;1-22-23(2)36-31(39-33(22)29-21-35-30-12-6-5-11-28(29)30)20-24-9-7-10-27(19-24)38-34(42)25-14-16-26(17-15-25)37-32(41)13-8-18-40(3)4;1-22-7-4-10-29-32(22)27(21-35-29)28-16-17-34-30(38-28)20-23-8-5-9-26(19-23)37-33(41)24-12-14-25(15-13-24)36-31(40)11-6-18-39(2)3/h3-19,21-22,24H,20,23H2,1-2H3,(H,40,46)(H,41,47);5-17,19,21,35H,18,20H2,1-4H3,(H,37,41)(H,38,42);4-17,19,21,35H,18,20H2,1-3H3,(H,36,40)(H,37,41)/b15-9+;13-8+;11-6+. The van der Waals surface area contributed by atoms with Crippen molar-refractivity contribution in [1.29, 1.82) is 0 Å². The van der Waals surface area contributed by atoms with E-state index in [0.29, 0.717) is 112 Å². The number of aromatic nitrogens is 10. The van der Waals surface area contributed by atoms with E-state index in [1.165, 1.54) is 23.8 Å². The van der Waals surface area contributed by atoms with Crippen molar-refractivity contribution in [2.45, 2.75) is 40.0 Å². The number of amides is 6. The number of carbonyl (C=O) groups is 6. The maximum absolute atomic E-state index is 13.0. The number of anilines is 6. The third kappa shape index (κ3) is 24.2. The first-order valence-corrected chi connectivity index (χ1v) is 42.6. The lowest BCUT2D eigenvalue weighted by atomic mass is 10.0. The van der Waals surface area contributed by atoms with Crippen LogP contribution in [-0.4, -0.2) is 162 Å². The Morgan fingerprint density at radius 3 is 1.39 bits per heavy atom. The van der Waals surface area contributed by atoms with Crippen LogP contribution in [0.25, 0.3) is 72.4 Å². The molecule has 25 nitrogen and oxygen atoms in total. The van der Waals surface area contributed by atoms with Crippen molar-refractivity contribution >= 4 is 108 Å². The zero-order chi connectivity index (χ0) is 91.2. The topological polar surface area (TPSA) is 311 Å². The monoisotopic (exact) mass is 1740 g/mol. The Kier molecular flexibility index (Phi) is 29.9. The molecule has 0 spiro atoms. The molecule has 0 aliphatic rings. The van der Waals surface area contributed by atoms with Crippen LogP contribution in [0.15, 0.2) is 310 Å². The molecule has 0 saturated heterocycles. The van der Waals surface area contributed by atoms with Gasteiger partial charge in [-0.15, -0.1) is 0 Å². The van der Waals surface area contributed by atoms with Crippen molar-refractivity contribution in [3.8, 4) is 45.0 Å². The van der Waals surface area contributed by atoms with Crippen molar-refractivity contribution in [2.24, 2.45) is 0 Å². The predicted molar refractivity (Wildman–Crippen MR) is 519 cm³/mol. The van der Waals surface area contributed by atoms with E-state index in [-0.39, 0.29) is 35.4 Å². The fourth-order valence-electron chi connectivity index (χ4n) is 14.4. The Bertz CT molecular complexity index is 6860. The first kappa shape index (κ1) is 90.4. The molecule has 0 atom stereocenters. The van der Waals surface area contributed by atoms with Gasteiger partial charge in [0.25, 0.3) is 17.7 Å². The zero-order valence-electron chi connectivity index (χ0n) is 73.4. The van der Waals surface area contributed by atoms with Crippen LogP contribution < -0.4 is 31.9 Å². The molecule has 0 unspecified atom stereocenters. The van der Waals surface area contributed by atoms with E-state index in [4.69, 9.17) is 36.6 Å². The summed E-state index contributed by atoms with van der Waals surface area (Å²) in [4.78, 5) is 116. The third-order valence-electron chi connectivity index (χ3n) is 20.9. The lowest BCUT2D eigenvalue weighted by Crippen LogP contribution is -2.14. The summed E-state index contributed by atoms with van der Waals surface area (Å²) >= 11 is 6.72. The smallest absolute Gasteiger partial charge is 0.255 e. The largest absolute Gasteiger partial charge is 0.360 e. The molecule has 7 aromatic heterocycles. The first-order chi connectivity index (χ1) is 62.9. The number of pyridine rings is 1. The molecule has 0 aliphatic heterocycles. The van der Waals surface area contributed by atoms with Crippen LogP contribution in [0.3, 0.4) is 0 Å². The molecule has 0 aliphatic carbocycles. The number of likely N-dealkylation sites (N-methyl/N-ethyl adjacent to an activating group) is 3. The Morgan fingerprint density at radius 1 is 0.415 bits per heavy atom. The normalized spacial score (nSPS) is 11.3. The second-order valence-corrected chi connectivity index (χ2v) is 32.2. The molecule has 16 rings (SSSR count). The predicted octanol–water partition coefficient (Wildman–Crippen LogP) is 19.0. The second-order valence-electron chi connectivity index (χ2n) is 31.8. The lowest BCUT2D eigenvalue weighted by molar-refractivity contribution is -0.112. The highest BCUT2D eigenvalue weighted by Crippen LogP contribution is 2.39. The number of nitrogens with one attached hydrogen (secondary N) is 8. The Morgan fingerprint density at radius 2 is 0.869 bits per heavy atom. The van der Waals surface area contributed by atoms with Crippen molar-refractivity contribution in [1.82, 2.24) is 64.2 Å². The van der Waals surface area contributed by atoms with E-state index in [0.717, 1.165) is 100 Å². The van der Waals surface area contributed by atoms with Crippen LogP contribution in [0.4, 0.5) is 34.1 Å². The van der Waals surface area contributed by atoms with Crippen LogP contribution in [0.5, 0.6) is 0 Å². The summed E-state index contributed by atoms with van der Waals surface area (Å²) in [5.41, 5.74) is 21.4. The van der Waals surface area contributed by atoms with Crippen LogP contribution in [0.2, 0.25) is 5.02 Å². The minimum absolute atomic E-state index is 0.216. The maximum Gasteiger partial charge on any atom is 0.255 e. The van der Waals surface area contributed by atoms with Crippen molar-refractivity contribution in [3.05, 3.63) is 383 Å². The van der Waals surface area contributed by atoms with Gasteiger partial charge in [-0.25, -0.2) is 34.4 Å². The highest BCUT2D eigenvalue weighted by atomic mass is 35.5. The molecule has 7 heterocycles. The fraction of sp³-hybridized carbons (Fsp3) is 0.144. The van der Waals surface area contributed by atoms with Gasteiger partial charge in [0.15, 0.2) is 0 Å². The maximum atomic E-state index is 13.0. The minimum atomic E-state index is -0.266. The average molecular weight is 1750 g/mol. The average Bonchev–Trinajstić information content (AvgIpc) is 1.61. The van der Waals surface area contributed by atoms with E-state index in [2.05, 4.69) is 89.9 Å². The minimum Gasteiger partial charge on any atom is -0.360 e. The summed E-state index contributed by atoms with van der Waals surface area (Å²) in [6.45, 7) is 8.18. The summed E-state index contributed by atoms with van der Waals surface area (Å²) in [6.07, 6.45) is 20.6. The molecule has 130 heavy (non-hydrogen) atoms. The van der Waals surface area contributed by atoms with Crippen LogP contribution in [0.1, 0.15) is 82.1 Å².